The van der Waals surface area contributed by atoms with E-state index in [1.54, 1.807) is 0 Å². The van der Waals surface area contributed by atoms with Crippen LogP contribution in [0, 0.1) is 46.3 Å². The maximum Gasteiger partial charge on any atom is 0.180 e. The van der Waals surface area contributed by atoms with Crippen LogP contribution in [-0.2, 0) is 9.47 Å². The fourth-order valence-electron chi connectivity index (χ4n) is 9.38. The Balaban J connectivity index is 1.26. The molecular weight excluding hydrogens is 499 g/mol. The Labute approximate surface area is 202 Å². The smallest absolute Gasteiger partial charge is 0.180 e. The van der Waals surface area contributed by atoms with E-state index in [1.807, 2.05) is 5.57 Å². The van der Waals surface area contributed by atoms with Crippen molar-refractivity contribution >= 4 is 22.6 Å². The summed E-state index contributed by atoms with van der Waals surface area (Å²) in [6, 6.07) is 0. The van der Waals surface area contributed by atoms with Crippen molar-refractivity contribution in [1.82, 2.24) is 0 Å². The zero-order valence-electron chi connectivity index (χ0n) is 19.6. The lowest BCUT2D eigenvalue weighted by Crippen LogP contribution is -2.53. The predicted octanol–water partition coefficient (Wildman–Crippen LogP) is 6.13. The summed E-state index contributed by atoms with van der Waals surface area (Å²) in [6.45, 7) is 8.60. The third-order valence-corrected chi connectivity index (χ3v) is 13.0. The number of hydrogen-bond acceptors (Lipinski definition) is 3. The molecule has 2 heterocycles. The second-order valence-corrected chi connectivity index (χ2v) is 14.0. The molecule has 6 rings (SSSR count). The molecule has 1 spiro atoms. The third-order valence-electron chi connectivity index (χ3n) is 11.2. The minimum Gasteiger partial charge on any atom is -0.396 e. The molecule has 31 heavy (non-hydrogen) atoms. The van der Waals surface area contributed by atoms with Crippen LogP contribution in [0.5, 0.6) is 0 Å². The normalized spacial score (nSPS) is 58.3. The fourth-order valence-corrected chi connectivity index (χ4v) is 11.3. The van der Waals surface area contributed by atoms with Crippen LogP contribution in [0.25, 0.3) is 0 Å². The monoisotopic (exact) mass is 540 g/mol. The SMILES string of the molecule is CC1CC[C@@]2(C)C(=CCC3C4CC5OC6(CCC(CO)CO6)[C@@H](I)C5[C@@]4(C)CCC32)C1. The molecule has 0 bridgehead atoms. The van der Waals surface area contributed by atoms with Crippen LogP contribution < -0.4 is 0 Å². The van der Waals surface area contributed by atoms with Crippen LogP contribution >= 0.6 is 22.6 Å². The zero-order valence-corrected chi connectivity index (χ0v) is 21.8. The van der Waals surface area contributed by atoms with Crippen LogP contribution in [0.2, 0.25) is 0 Å². The van der Waals surface area contributed by atoms with Gasteiger partial charge in [0, 0.05) is 24.9 Å². The highest BCUT2D eigenvalue weighted by atomic mass is 127. The number of ether oxygens (including phenoxy) is 2. The first kappa shape index (κ1) is 21.9. The van der Waals surface area contributed by atoms with Gasteiger partial charge in [0.25, 0.3) is 0 Å². The first-order chi connectivity index (χ1) is 14.8. The van der Waals surface area contributed by atoms with Gasteiger partial charge in [-0.25, -0.2) is 0 Å². The molecular formula is C27H41IO3. The van der Waals surface area contributed by atoms with Gasteiger partial charge in [0.2, 0.25) is 0 Å². The molecule has 0 aromatic heterocycles. The highest BCUT2D eigenvalue weighted by Crippen LogP contribution is 2.70. The van der Waals surface area contributed by atoms with Gasteiger partial charge >= 0.3 is 0 Å². The lowest BCUT2D eigenvalue weighted by Gasteiger charge is -2.58. The van der Waals surface area contributed by atoms with Crippen molar-refractivity contribution in [2.24, 2.45) is 46.3 Å². The van der Waals surface area contributed by atoms with E-state index >= 15 is 0 Å². The Bertz CT molecular complexity index is 758. The van der Waals surface area contributed by atoms with E-state index in [-0.39, 0.29) is 6.61 Å². The summed E-state index contributed by atoms with van der Waals surface area (Å²) in [5.74, 6) is 3.93. The summed E-state index contributed by atoms with van der Waals surface area (Å²) >= 11 is 2.70. The van der Waals surface area contributed by atoms with Crippen LogP contribution in [0.4, 0.5) is 0 Å². The molecule has 174 valence electrons. The van der Waals surface area contributed by atoms with Gasteiger partial charge in [-0.1, -0.05) is 55.0 Å². The number of rotatable bonds is 1. The summed E-state index contributed by atoms with van der Waals surface area (Å²) < 4.78 is 13.7. The molecule has 0 aromatic rings. The summed E-state index contributed by atoms with van der Waals surface area (Å²) in [6.07, 6.45) is 14.6. The van der Waals surface area contributed by atoms with E-state index in [2.05, 4.69) is 49.4 Å². The average molecular weight is 541 g/mol. The first-order valence-corrected chi connectivity index (χ1v) is 14.3. The lowest BCUT2D eigenvalue weighted by atomic mass is 9.47. The van der Waals surface area contributed by atoms with E-state index in [9.17, 15) is 5.11 Å². The van der Waals surface area contributed by atoms with Gasteiger partial charge in [0.15, 0.2) is 5.79 Å². The molecule has 4 aliphatic carbocycles. The molecule has 8 unspecified atom stereocenters. The highest BCUT2D eigenvalue weighted by molar-refractivity contribution is 14.1. The standard InChI is InChI=1S/C27H41IO3/c1-16-6-9-25(2)18(12-16)4-5-19-20(25)8-10-26(3)21(19)13-22-23(26)24(28)27(31-22)11-7-17(14-29)15-30-27/h4,16-17,19-24,29H,5-15H2,1-3H3/t16?,17?,19?,20?,21?,22?,23?,24-,25-,26-,27?/m0/s1. The summed E-state index contributed by atoms with van der Waals surface area (Å²) in [7, 11) is 0. The van der Waals surface area contributed by atoms with E-state index in [1.165, 1.54) is 44.9 Å². The average Bonchev–Trinajstić information content (AvgIpc) is 3.20. The van der Waals surface area contributed by atoms with Crippen LogP contribution in [-0.4, -0.2) is 34.1 Å². The van der Waals surface area contributed by atoms with Crippen LogP contribution in [0.3, 0.4) is 0 Å². The summed E-state index contributed by atoms with van der Waals surface area (Å²) in [4.78, 5) is 0. The van der Waals surface area contributed by atoms with Gasteiger partial charge in [0.1, 0.15) is 0 Å². The van der Waals surface area contributed by atoms with E-state index in [4.69, 9.17) is 9.47 Å². The minimum atomic E-state index is -0.391. The molecule has 4 heteroatoms. The second-order valence-electron chi connectivity index (χ2n) is 12.7. The van der Waals surface area contributed by atoms with E-state index in [0.717, 1.165) is 36.5 Å². The van der Waals surface area contributed by atoms with Crippen LogP contribution in [0.1, 0.15) is 78.6 Å². The molecule has 6 aliphatic rings. The maximum absolute atomic E-state index is 9.55. The van der Waals surface area contributed by atoms with Crippen molar-refractivity contribution in [3.8, 4) is 0 Å². The van der Waals surface area contributed by atoms with Crippen molar-refractivity contribution in [2.75, 3.05) is 13.2 Å². The van der Waals surface area contributed by atoms with Crippen molar-refractivity contribution in [1.29, 1.82) is 0 Å². The largest absolute Gasteiger partial charge is 0.396 e. The first-order valence-electron chi connectivity index (χ1n) is 13.1. The van der Waals surface area contributed by atoms with Gasteiger partial charge in [-0.3, -0.25) is 0 Å². The Hall–Kier alpha value is 0.350. The molecule has 5 fully saturated rings. The molecule has 2 aliphatic heterocycles. The summed E-state index contributed by atoms with van der Waals surface area (Å²) in [5, 5.41) is 9.55. The molecule has 0 radical (unpaired) electrons. The topological polar surface area (TPSA) is 38.7 Å². The quantitative estimate of drug-likeness (QED) is 0.247. The number of aliphatic hydroxyl groups excluding tert-OH is 1. The van der Waals surface area contributed by atoms with E-state index in [0.29, 0.717) is 39.3 Å². The van der Waals surface area contributed by atoms with Gasteiger partial charge in [0.05, 0.1) is 16.6 Å². The zero-order chi connectivity index (χ0) is 21.6. The second kappa shape index (κ2) is 7.42. The number of alkyl halides is 1. The highest BCUT2D eigenvalue weighted by Gasteiger charge is 2.69. The maximum atomic E-state index is 9.55. The van der Waals surface area contributed by atoms with Crippen molar-refractivity contribution in [2.45, 2.75) is 94.4 Å². The number of fused-ring (bicyclic) bond motifs is 7. The lowest BCUT2D eigenvalue weighted by molar-refractivity contribution is -0.254. The van der Waals surface area contributed by atoms with E-state index < -0.39 is 5.79 Å². The van der Waals surface area contributed by atoms with Gasteiger partial charge < -0.3 is 14.6 Å². The molecule has 11 atom stereocenters. The van der Waals surface area contributed by atoms with Crippen LogP contribution in [0.15, 0.2) is 11.6 Å². The number of allylic oxidation sites excluding steroid dienone is 2. The number of hydrogen-bond donors (Lipinski definition) is 1. The molecule has 1 N–H and O–H groups in total. The van der Waals surface area contributed by atoms with Crippen molar-refractivity contribution < 1.29 is 14.6 Å². The molecule has 0 amide bonds. The Morgan fingerprint density at radius 1 is 1.13 bits per heavy atom. The molecule has 0 aromatic carbocycles. The fraction of sp³-hybridized carbons (Fsp3) is 0.926. The number of aliphatic hydroxyl groups is 1. The Morgan fingerprint density at radius 2 is 1.97 bits per heavy atom. The van der Waals surface area contributed by atoms with Gasteiger partial charge in [-0.2, -0.15) is 0 Å². The molecule has 3 saturated carbocycles. The Morgan fingerprint density at radius 3 is 2.71 bits per heavy atom. The predicted molar refractivity (Wildman–Crippen MR) is 131 cm³/mol. The van der Waals surface area contributed by atoms with Gasteiger partial charge in [-0.15, -0.1) is 0 Å². The Kier molecular flexibility index (Phi) is 5.23. The molecule has 3 nitrogen and oxygen atoms in total. The van der Waals surface area contributed by atoms with Crippen molar-refractivity contribution in [3.05, 3.63) is 11.6 Å². The minimum absolute atomic E-state index is 0.241. The molecule has 2 saturated heterocycles. The number of halogens is 1. The third kappa shape index (κ3) is 2.99. The van der Waals surface area contributed by atoms with Gasteiger partial charge in [-0.05, 0) is 85.9 Å². The van der Waals surface area contributed by atoms with Crippen molar-refractivity contribution in [3.63, 3.8) is 0 Å². The summed E-state index contributed by atoms with van der Waals surface area (Å²) in [5.41, 5.74) is 2.67.